The van der Waals surface area contributed by atoms with Crippen LogP contribution in [0, 0.1) is 12.7 Å². The molecule has 0 saturated carbocycles. The molecule has 2 aromatic carbocycles. The van der Waals surface area contributed by atoms with Crippen LogP contribution in [0.25, 0.3) is 11.1 Å². The molecule has 0 amide bonds. The quantitative estimate of drug-likeness (QED) is 0.758. The largest absolute Gasteiger partial charge is 0.465 e. The molecule has 1 heterocycles. The molecular formula is C16H13FO4S. The van der Waals surface area contributed by atoms with Crippen molar-refractivity contribution in [3.8, 4) is 11.1 Å². The van der Waals surface area contributed by atoms with Crippen LogP contribution in [0.1, 0.15) is 21.5 Å². The van der Waals surface area contributed by atoms with Crippen molar-refractivity contribution in [3.05, 3.63) is 52.8 Å². The molecule has 0 spiro atoms. The SMILES string of the molecule is COC(=O)c1cc2c(cc1C)-c1cccc(F)c1CS2(=O)=O. The standard InChI is InChI=1S/C16H13FO4S/c1-9-6-12-10-4-3-5-14(17)13(10)8-22(19,20)15(12)7-11(9)16(18)21-2/h3-7H,8H2,1-2H3. The summed E-state index contributed by atoms with van der Waals surface area (Å²) in [7, 11) is -2.47. The Hall–Kier alpha value is -2.21. The number of carbonyl (C=O) groups is 1. The highest BCUT2D eigenvalue weighted by Gasteiger charge is 2.31. The fourth-order valence-corrected chi connectivity index (χ4v) is 4.34. The van der Waals surface area contributed by atoms with Crippen LogP contribution in [0.3, 0.4) is 0 Å². The number of rotatable bonds is 1. The molecule has 0 N–H and O–H groups in total. The monoisotopic (exact) mass is 320 g/mol. The first-order valence-electron chi connectivity index (χ1n) is 6.58. The van der Waals surface area contributed by atoms with Gasteiger partial charge in [0.15, 0.2) is 9.84 Å². The number of hydrogen-bond acceptors (Lipinski definition) is 4. The molecule has 0 saturated heterocycles. The van der Waals surface area contributed by atoms with Crippen molar-refractivity contribution in [1.29, 1.82) is 0 Å². The van der Waals surface area contributed by atoms with Gasteiger partial charge in [-0.3, -0.25) is 0 Å². The number of carbonyl (C=O) groups excluding carboxylic acids is 1. The molecule has 1 aliphatic heterocycles. The molecule has 0 atom stereocenters. The van der Waals surface area contributed by atoms with Crippen LogP contribution in [-0.4, -0.2) is 21.5 Å². The Labute approximate surface area is 127 Å². The number of sulfone groups is 1. The van der Waals surface area contributed by atoms with Crippen molar-refractivity contribution in [3.63, 3.8) is 0 Å². The minimum atomic E-state index is -3.71. The van der Waals surface area contributed by atoms with Crippen molar-refractivity contribution < 1.29 is 22.3 Å². The molecule has 0 fully saturated rings. The average Bonchev–Trinajstić information content (AvgIpc) is 2.47. The van der Waals surface area contributed by atoms with Gasteiger partial charge in [0.05, 0.1) is 23.3 Å². The Morgan fingerprint density at radius 3 is 2.64 bits per heavy atom. The summed E-state index contributed by atoms with van der Waals surface area (Å²) in [6.07, 6.45) is 0. The zero-order chi connectivity index (χ0) is 16.1. The third-order valence-electron chi connectivity index (χ3n) is 3.81. The van der Waals surface area contributed by atoms with Gasteiger partial charge in [-0.05, 0) is 36.2 Å². The molecular weight excluding hydrogens is 307 g/mol. The van der Waals surface area contributed by atoms with Crippen molar-refractivity contribution in [1.82, 2.24) is 0 Å². The molecule has 0 aliphatic carbocycles. The third-order valence-corrected chi connectivity index (χ3v) is 5.49. The normalized spacial score (nSPS) is 14.9. The van der Waals surface area contributed by atoms with Crippen molar-refractivity contribution in [2.45, 2.75) is 17.6 Å². The molecule has 1 aliphatic rings. The van der Waals surface area contributed by atoms with E-state index < -0.39 is 27.4 Å². The molecule has 2 aromatic rings. The van der Waals surface area contributed by atoms with Gasteiger partial charge in [-0.2, -0.15) is 0 Å². The number of esters is 1. The molecule has 0 unspecified atom stereocenters. The topological polar surface area (TPSA) is 60.4 Å². The summed E-state index contributed by atoms with van der Waals surface area (Å²) in [5.74, 6) is -1.55. The Bertz CT molecular complexity index is 901. The maximum atomic E-state index is 13.9. The number of benzene rings is 2. The van der Waals surface area contributed by atoms with Crippen molar-refractivity contribution >= 4 is 15.8 Å². The summed E-state index contributed by atoms with van der Waals surface area (Å²) >= 11 is 0. The Kier molecular flexibility index (Phi) is 3.29. The van der Waals surface area contributed by atoms with Gasteiger partial charge >= 0.3 is 5.97 Å². The second kappa shape index (κ2) is 4.91. The lowest BCUT2D eigenvalue weighted by Gasteiger charge is -2.22. The Morgan fingerprint density at radius 1 is 1.23 bits per heavy atom. The van der Waals surface area contributed by atoms with E-state index in [4.69, 9.17) is 0 Å². The summed E-state index contributed by atoms with van der Waals surface area (Å²) in [5, 5.41) is 0. The maximum absolute atomic E-state index is 13.9. The zero-order valence-electron chi connectivity index (χ0n) is 12.0. The highest BCUT2D eigenvalue weighted by atomic mass is 32.2. The van der Waals surface area contributed by atoms with Gasteiger partial charge in [-0.1, -0.05) is 12.1 Å². The van der Waals surface area contributed by atoms with Gasteiger partial charge in [-0.25, -0.2) is 17.6 Å². The highest BCUT2D eigenvalue weighted by molar-refractivity contribution is 7.90. The van der Waals surface area contributed by atoms with Crippen molar-refractivity contribution in [2.24, 2.45) is 0 Å². The van der Waals surface area contributed by atoms with E-state index in [1.165, 1.54) is 19.2 Å². The van der Waals surface area contributed by atoms with Gasteiger partial charge in [0, 0.05) is 11.1 Å². The molecule has 3 rings (SSSR count). The third kappa shape index (κ3) is 2.11. The van der Waals surface area contributed by atoms with Crippen LogP contribution in [0.4, 0.5) is 4.39 Å². The second-order valence-corrected chi connectivity index (χ2v) is 7.14. The Balaban J connectivity index is 2.37. The summed E-state index contributed by atoms with van der Waals surface area (Å²) < 4.78 is 43.5. The minimum Gasteiger partial charge on any atom is -0.465 e. The van der Waals surface area contributed by atoms with Crippen LogP contribution >= 0.6 is 0 Å². The predicted molar refractivity (Wildman–Crippen MR) is 78.8 cm³/mol. The van der Waals surface area contributed by atoms with Crippen LogP contribution in [-0.2, 0) is 20.3 Å². The van der Waals surface area contributed by atoms with Crippen LogP contribution in [0.2, 0.25) is 0 Å². The first-order valence-corrected chi connectivity index (χ1v) is 8.24. The molecule has 4 nitrogen and oxygen atoms in total. The predicted octanol–water partition coefficient (Wildman–Crippen LogP) is 2.88. The first kappa shape index (κ1) is 14.7. The fourth-order valence-electron chi connectivity index (χ4n) is 2.71. The second-order valence-electron chi connectivity index (χ2n) is 5.18. The maximum Gasteiger partial charge on any atom is 0.338 e. The number of ether oxygens (including phenoxy) is 1. The average molecular weight is 320 g/mol. The summed E-state index contributed by atoms with van der Waals surface area (Å²) in [6, 6.07) is 7.38. The van der Waals surface area contributed by atoms with Gasteiger partial charge in [-0.15, -0.1) is 0 Å². The Morgan fingerprint density at radius 2 is 1.95 bits per heavy atom. The van der Waals surface area contributed by atoms with Crippen LogP contribution in [0.5, 0.6) is 0 Å². The number of fused-ring (bicyclic) bond motifs is 3. The van der Waals surface area contributed by atoms with Gasteiger partial charge in [0.1, 0.15) is 5.82 Å². The lowest BCUT2D eigenvalue weighted by molar-refractivity contribution is 0.0599. The molecule has 0 radical (unpaired) electrons. The van der Waals surface area contributed by atoms with E-state index in [-0.39, 0.29) is 16.0 Å². The number of halogens is 1. The van der Waals surface area contributed by atoms with E-state index in [2.05, 4.69) is 4.74 Å². The smallest absolute Gasteiger partial charge is 0.338 e. The minimum absolute atomic E-state index is 0.0385. The number of aryl methyl sites for hydroxylation is 1. The van der Waals surface area contributed by atoms with Gasteiger partial charge in [0.25, 0.3) is 0 Å². The lowest BCUT2D eigenvalue weighted by atomic mass is 9.96. The van der Waals surface area contributed by atoms with Crippen LogP contribution in [0.15, 0.2) is 35.2 Å². The van der Waals surface area contributed by atoms with E-state index in [0.29, 0.717) is 16.7 Å². The molecule has 0 bridgehead atoms. The van der Waals surface area contributed by atoms with E-state index in [1.807, 2.05) is 0 Å². The molecule has 114 valence electrons. The summed E-state index contributed by atoms with van der Waals surface area (Å²) in [4.78, 5) is 11.8. The first-order chi connectivity index (χ1) is 10.3. The number of hydrogen-bond donors (Lipinski definition) is 0. The zero-order valence-corrected chi connectivity index (χ0v) is 12.8. The van der Waals surface area contributed by atoms with E-state index in [1.54, 1.807) is 25.1 Å². The lowest BCUT2D eigenvalue weighted by Crippen LogP contribution is -2.16. The number of methoxy groups -OCH3 is 1. The molecule has 22 heavy (non-hydrogen) atoms. The fraction of sp³-hybridized carbons (Fsp3) is 0.188. The van der Waals surface area contributed by atoms with Gasteiger partial charge < -0.3 is 4.74 Å². The van der Waals surface area contributed by atoms with Crippen molar-refractivity contribution in [2.75, 3.05) is 7.11 Å². The highest BCUT2D eigenvalue weighted by Crippen LogP contribution is 2.40. The van der Waals surface area contributed by atoms with Gasteiger partial charge in [0.2, 0.25) is 0 Å². The summed E-state index contributed by atoms with van der Waals surface area (Å²) in [6.45, 7) is 1.69. The summed E-state index contributed by atoms with van der Waals surface area (Å²) in [5.41, 5.74) is 1.91. The van der Waals surface area contributed by atoms with E-state index in [0.717, 1.165) is 0 Å². The van der Waals surface area contributed by atoms with E-state index >= 15 is 0 Å². The van der Waals surface area contributed by atoms with E-state index in [9.17, 15) is 17.6 Å². The molecule has 0 aromatic heterocycles. The molecule has 6 heteroatoms. The van der Waals surface area contributed by atoms with Crippen LogP contribution < -0.4 is 0 Å².